The molecular weight excluding hydrogens is 208 g/mol. The van der Waals surface area contributed by atoms with Crippen LogP contribution in [0.5, 0.6) is 0 Å². The van der Waals surface area contributed by atoms with E-state index >= 15 is 0 Å². The highest BCUT2D eigenvalue weighted by molar-refractivity contribution is 6.36. The standard InChI is InChI=1S/C11H26O3Si/c1-5-7-9-11(10-8-6-2)14-15(12-3)13-4/h11,15H,5-10H2,1-4H3. The van der Waals surface area contributed by atoms with Crippen molar-refractivity contribution in [2.24, 2.45) is 0 Å². The van der Waals surface area contributed by atoms with Gasteiger partial charge in [-0.1, -0.05) is 39.5 Å². The van der Waals surface area contributed by atoms with E-state index in [-0.39, 0.29) is 0 Å². The molecule has 0 atom stereocenters. The van der Waals surface area contributed by atoms with E-state index in [1.807, 2.05) is 0 Å². The lowest BCUT2D eigenvalue weighted by atomic mass is 10.1. The highest BCUT2D eigenvalue weighted by atomic mass is 28.3. The van der Waals surface area contributed by atoms with Gasteiger partial charge in [-0.15, -0.1) is 0 Å². The average Bonchev–Trinajstić information content (AvgIpc) is 2.28. The summed E-state index contributed by atoms with van der Waals surface area (Å²) in [5.74, 6) is 0. The molecule has 0 unspecified atom stereocenters. The monoisotopic (exact) mass is 234 g/mol. The van der Waals surface area contributed by atoms with E-state index in [0.717, 1.165) is 12.8 Å². The fourth-order valence-corrected chi connectivity index (χ4v) is 2.51. The second-order valence-electron chi connectivity index (χ2n) is 3.80. The van der Waals surface area contributed by atoms with Gasteiger partial charge in [0.1, 0.15) is 0 Å². The number of rotatable bonds is 10. The van der Waals surface area contributed by atoms with E-state index < -0.39 is 9.53 Å². The zero-order valence-corrected chi connectivity index (χ0v) is 11.8. The largest absolute Gasteiger partial charge is 0.483 e. The first kappa shape index (κ1) is 15.1. The minimum Gasteiger partial charge on any atom is -0.379 e. The molecule has 0 saturated heterocycles. The number of hydrogen-bond acceptors (Lipinski definition) is 3. The van der Waals surface area contributed by atoms with E-state index in [1.54, 1.807) is 14.2 Å². The Balaban J connectivity index is 3.86. The molecule has 0 bridgehead atoms. The van der Waals surface area contributed by atoms with Gasteiger partial charge in [-0.2, -0.15) is 0 Å². The van der Waals surface area contributed by atoms with Crippen molar-refractivity contribution in [3.05, 3.63) is 0 Å². The molecule has 0 aromatic rings. The maximum atomic E-state index is 5.85. The van der Waals surface area contributed by atoms with E-state index in [9.17, 15) is 0 Å². The molecule has 15 heavy (non-hydrogen) atoms. The summed E-state index contributed by atoms with van der Waals surface area (Å²) in [5, 5.41) is 0. The molecule has 0 aliphatic heterocycles. The first-order valence-electron chi connectivity index (χ1n) is 5.99. The molecule has 0 amide bonds. The normalized spacial score (nSPS) is 11.6. The molecule has 0 aliphatic carbocycles. The summed E-state index contributed by atoms with van der Waals surface area (Å²) in [6.07, 6.45) is 7.49. The maximum absolute atomic E-state index is 5.85. The summed E-state index contributed by atoms with van der Waals surface area (Å²) >= 11 is 0. The average molecular weight is 234 g/mol. The Morgan fingerprint density at radius 1 is 0.933 bits per heavy atom. The van der Waals surface area contributed by atoms with Crippen molar-refractivity contribution in [2.45, 2.75) is 58.5 Å². The number of unbranched alkanes of at least 4 members (excludes halogenated alkanes) is 2. The number of hydrogen-bond donors (Lipinski definition) is 0. The van der Waals surface area contributed by atoms with E-state index in [4.69, 9.17) is 13.3 Å². The van der Waals surface area contributed by atoms with E-state index in [1.165, 1.54) is 25.7 Å². The molecule has 0 radical (unpaired) electrons. The van der Waals surface area contributed by atoms with Crippen molar-refractivity contribution >= 4 is 9.53 Å². The van der Waals surface area contributed by atoms with Crippen LogP contribution >= 0.6 is 0 Å². The van der Waals surface area contributed by atoms with Crippen LogP contribution in [-0.2, 0) is 13.3 Å². The third-order valence-electron chi connectivity index (χ3n) is 2.45. The van der Waals surface area contributed by atoms with Gasteiger partial charge in [0, 0.05) is 20.3 Å². The van der Waals surface area contributed by atoms with Gasteiger partial charge in [0.25, 0.3) is 0 Å². The molecular formula is C11H26O3Si. The maximum Gasteiger partial charge on any atom is 0.483 e. The highest BCUT2D eigenvalue weighted by Crippen LogP contribution is 2.13. The van der Waals surface area contributed by atoms with Gasteiger partial charge in [0.2, 0.25) is 0 Å². The highest BCUT2D eigenvalue weighted by Gasteiger charge is 2.18. The lowest BCUT2D eigenvalue weighted by Gasteiger charge is -2.21. The van der Waals surface area contributed by atoms with Gasteiger partial charge < -0.3 is 13.3 Å². The Kier molecular flexibility index (Phi) is 10.7. The second kappa shape index (κ2) is 10.6. The predicted molar refractivity (Wildman–Crippen MR) is 65.1 cm³/mol. The molecule has 0 aromatic carbocycles. The Hall–Kier alpha value is 0.0969. The Bertz CT molecular complexity index is 121. The first-order valence-corrected chi connectivity index (χ1v) is 7.40. The third kappa shape index (κ3) is 7.96. The molecule has 0 rings (SSSR count). The van der Waals surface area contributed by atoms with Crippen LogP contribution in [0.1, 0.15) is 52.4 Å². The van der Waals surface area contributed by atoms with Crippen LogP contribution in [0, 0.1) is 0 Å². The van der Waals surface area contributed by atoms with Crippen LogP contribution in [0.4, 0.5) is 0 Å². The summed E-state index contributed by atoms with van der Waals surface area (Å²) in [4.78, 5) is 0. The quantitative estimate of drug-likeness (QED) is 0.544. The molecule has 4 heteroatoms. The van der Waals surface area contributed by atoms with Crippen LogP contribution < -0.4 is 0 Å². The first-order chi connectivity index (χ1) is 7.28. The summed E-state index contributed by atoms with van der Waals surface area (Å²) in [6.45, 7) is 4.41. The van der Waals surface area contributed by atoms with Crippen molar-refractivity contribution < 1.29 is 13.3 Å². The molecule has 0 aliphatic rings. The van der Waals surface area contributed by atoms with Gasteiger partial charge in [-0.05, 0) is 12.8 Å². The van der Waals surface area contributed by atoms with Gasteiger partial charge in [0.05, 0.1) is 0 Å². The van der Waals surface area contributed by atoms with Crippen LogP contribution in [-0.4, -0.2) is 29.9 Å². The second-order valence-corrected chi connectivity index (χ2v) is 5.59. The SMILES string of the molecule is CCCCC(CCCC)O[SiH](OC)OC. The fourth-order valence-electron chi connectivity index (χ4n) is 1.51. The van der Waals surface area contributed by atoms with Crippen molar-refractivity contribution in [2.75, 3.05) is 14.2 Å². The summed E-state index contributed by atoms with van der Waals surface area (Å²) in [6, 6.07) is 0. The van der Waals surface area contributed by atoms with Gasteiger partial charge in [0.15, 0.2) is 0 Å². The van der Waals surface area contributed by atoms with E-state index in [0.29, 0.717) is 6.10 Å². The molecule has 0 saturated carbocycles. The zero-order valence-electron chi connectivity index (χ0n) is 10.6. The molecule has 0 spiro atoms. The molecule has 0 aromatic heterocycles. The zero-order chi connectivity index (χ0) is 11.5. The fraction of sp³-hybridized carbons (Fsp3) is 1.00. The van der Waals surface area contributed by atoms with E-state index in [2.05, 4.69) is 13.8 Å². The molecule has 92 valence electrons. The lowest BCUT2D eigenvalue weighted by Crippen LogP contribution is -2.30. The predicted octanol–water partition coefficient (Wildman–Crippen LogP) is 2.76. The molecule has 0 fully saturated rings. The van der Waals surface area contributed by atoms with Gasteiger partial charge in [-0.25, -0.2) is 0 Å². The van der Waals surface area contributed by atoms with Crippen molar-refractivity contribution in [1.82, 2.24) is 0 Å². The summed E-state index contributed by atoms with van der Waals surface area (Å²) in [7, 11) is 1.49. The van der Waals surface area contributed by atoms with Gasteiger partial charge >= 0.3 is 9.53 Å². The van der Waals surface area contributed by atoms with Crippen molar-refractivity contribution in [1.29, 1.82) is 0 Å². The summed E-state index contributed by atoms with van der Waals surface area (Å²) < 4.78 is 16.2. The third-order valence-corrected chi connectivity index (χ3v) is 3.82. The van der Waals surface area contributed by atoms with Crippen LogP contribution in [0.2, 0.25) is 0 Å². The van der Waals surface area contributed by atoms with Crippen molar-refractivity contribution in [3.8, 4) is 0 Å². The molecule has 3 nitrogen and oxygen atoms in total. The molecule has 0 heterocycles. The van der Waals surface area contributed by atoms with Crippen LogP contribution in [0.25, 0.3) is 0 Å². The smallest absolute Gasteiger partial charge is 0.379 e. The van der Waals surface area contributed by atoms with Crippen LogP contribution in [0.3, 0.4) is 0 Å². The van der Waals surface area contributed by atoms with Gasteiger partial charge in [-0.3, -0.25) is 0 Å². The van der Waals surface area contributed by atoms with Crippen LogP contribution in [0.15, 0.2) is 0 Å². The minimum atomic E-state index is -1.84. The Morgan fingerprint density at radius 3 is 1.73 bits per heavy atom. The minimum absolute atomic E-state index is 0.335. The Labute approximate surface area is 96.1 Å². The Morgan fingerprint density at radius 2 is 1.40 bits per heavy atom. The molecule has 0 N–H and O–H groups in total. The lowest BCUT2D eigenvalue weighted by molar-refractivity contribution is 0.0742. The summed E-state index contributed by atoms with van der Waals surface area (Å²) in [5.41, 5.74) is 0. The van der Waals surface area contributed by atoms with Crippen molar-refractivity contribution in [3.63, 3.8) is 0 Å². The topological polar surface area (TPSA) is 27.7 Å².